The van der Waals surface area contributed by atoms with E-state index in [2.05, 4.69) is 5.32 Å². The van der Waals surface area contributed by atoms with Crippen LogP contribution in [0.4, 0.5) is 10.1 Å². The van der Waals surface area contributed by atoms with Crippen molar-refractivity contribution in [2.24, 2.45) is 5.14 Å². The molecule has 0 aliphatic heterocycles. The molecule has 0 heterocycles. The van der Waals surface area contributed by atoms with Crippen LogP contribution in [0, 0.1) is 12.7 Å². The van der Waals surface area contributed by atoms with E-state index in [0.717, 1.165) is 0 Å². The molecule has 0 amide bonds. The topological polar surface area (TPSA) is 92.4 Å². The zero-order valence-corrected chi connectivity index (χ0v) is 12.1. The molecule has 0 spiro atoms. The van der Waals surface area contributed by atoms with E-state index in [9.17, 15) is 12.8 Å². The lowest BCUT2D eigenvalue weighted by Crippen LogP contribution is -2.14. The van der Waals surface area contributed by atoms with Crippen molar-refractivity contribution in [2.75, 3.05) is 5.32 Å². The van der Waals surface area contributed by atoms with E-state index >= 15 is 0 Å². The molecule has 112 valence electrons. The largest absolute Gasteiger partial charge is 0.505 e. The minimum atomic E-state index is -3.78. The molecule has 2 rings (SSSR count). The quantitative estimate of drug-likeness (QED) is 0.806. The van der Waals surface area contributed by atoms with Crippen LogP contribution in [0.25, 0.3) is 0 Å². The smallest absolute Gasteiger partial charge is 0.238 e. The minimum Gasteiger partial charge on any atom is -0.505 e. The molecule has 0 radical (unpaired) electrons. The minimum absolute atomic E-state index is 0.0457. The third-order valence-corrected chi connectivity index (χ3v) is 4.14. The molecule has 0 bridgehead atoms. The van der Waals surface area contributed by atoms with Crippen LogP contribution in [-0.4, -0.2) is 13.5 Å². The number of anilines is 1. The second-order valence-corrected chi connectivity index (χ2v) is 6.14. The normalized spacial score (nSPS) is 11.4. The first kappa shape index (κ1) is 15.3. The fraction of sp³-hybridized carbons (Fsp3) is 0.143. The van der Waals surface area contributed by atoms with Crippen LogP contribution in [0.5, 0.6) is 5.75 Å². The molecule has 0 aromatic heterocycles. The van der Waals surface area contributed by atoms with Crippen LogP contribution in [0.3, 0.4) is 0 Å². The SMILES string of the molecule is Cc1c(NCc2ccc(O)c(F)c2)cccc1S(N)(=O)=O. The van der Waals surface area contributed by atoms with Crippen molar-refractivity contribution in [1.29, 1.82) is 0 Å². The Kier molecular flexibility index (Phi) is 4.15. The van der Waals surface area contributed by atoms with Gasteiger partial charge in [0.05, 0.1) is 4.90 Å². The molecule has 0 aliphatic rings. The van der Waals surface area contributed by atoms with E-state index in [0.29, 0.717) is 16.8 Å². The summed E-state index contributed by atoms with van der Waals surface area (Å²) >= 11 is 0. The Morgan fingerprint density at radius 2 is 2.00 bits per heavy atom. The number of hydrogen-bond acceptors (Lipinski definition) is 4. The van der Waals surface area contributed by atoms with Crippen molar-refractivity contribution in [3.8, 4) is 5.75 Å². The number of phenolic OH excluding ortho intramolecular Hbond substituents is 1. The number of nitrogens with two attached hydrogens (primary N) is 1. The summed E-state index contributed by atoms with van der Waals surface area (Å²) in [6.07, 6.45) is 0. The fourth-order valence-electron chi connectivity index (χ4n) is 1.97. The van der Waals surface area contributed by atoms with Crippen molar-refractivity contribution >= 4 is 15.7 Å². The summed E-state index contributed by atoms with van der Waals surface area (Å²) in [7, 11) is -3.78. The van der Waals surface area contributed by atoms with Crippen molar-refractivity contribution in [3.63, 3.8) is 0 Å². The molecule has 4 N–H and O–H groups in total. The van der Waals surface area contributed by atoms with Gasteiger partial charge in [-0.05, 0) is 42.3 Å². The highest BCUT2D eigenvalue weighted by atomic mass is 32.2. The van der Waals surface area contributed by atoms with Gasteiger partial charge in [-0.25, -0.2) is 17.9 Å². The van der Waals surface area contributed by atoms with Crippen LogP contribution in [0.1, 0.15) is 11.1 Å². The Labute approximate surface area is 122 Å². The average Bonchev–Trinajstić information content (AvgIpc) is 2.40. The standard InChI is InChI=1S/C14H15FN2O3S/c1-9-12(3-2-4-14(9)21(16,19)20)17-8-10-5-6-13(18)11(15)7-10/h2-7,17-18H,8H2,1H3,(H2,16,19,20). The number of halogens is 1. The van der Waals surface area contributed by atoms with Crippen molar-refractivity contribution in [1.82, 2.24) is 0 Å². The first-order chi connectivity index (χ1) is 9.79. The maximum atomic E-state index is 13.2. The molecule has 7 heteroatoms. The predicted octanol–water partition coefficient (Wildman–Crippen LogP) is 2.10. The highest BCUT2D eigenvalue weighted by Gasteiger charge is 2.13. The molecule has 0 saturated heterocycles. The van der Waals surface area contributed by atoms with Crippen LogP contribution < -0.4 is 10.5 Å². The Balaban J connectivity index is 2.23. The summed E-state index contributed by atoms with van der Waals surface area (Å²) in [5.74, 6) is -1.12. The third-order valence-electron chi connectivity index (χ3n) is 3.09. The molecule has 0 saturated carbocycles. The van der Waals surface area contributed by atoms with E-state index in [1.165, 1.54) is 18.2 Å². The number of phenols is 1. The lowest BCUT2D eigenvalue weighted by atomic mass is 10.1. The predicted molar refractivity (Wildman–Crippen MR) is 77.9 cm³/mol. The lowest BCUT2D eigenvalue weighted by molar-refractivity contribution is 0.432. The Bertz CT molecular complexity index is 776. The highest BCUT2D eigenvalue weighted by Crippen LogP contribution is 2.23. The summed E-state index contributed by atoms with van der Waals surface area (Å²) < 4.78 is 36.1. The average molecular weight is 310 g/mol. The number of hydrogen-bond donors (Lipinski definition) is 3. The number of nitrogens with one attached hydrogen (secondary N) is 1. The molecular formula is C14H15FN2O3S. The van der Waals surface area contributed by atoms with Gasteiger partial charge in [0.1, 0.15) is 0 Å². The first-order valence-corrected chi connectivity index (χ1v) is 7.67. The van der Waals surface area contributed by atoms with Gasteiger partial charge in [-0.3, -0.25) is 0 Å². The van der Waals surface area contributed by atoms with E-state index in [4.69, 9.17) is 10.2 Å². The van der Waals surface area contributed by atoms with Gasteiger partial charge in [0.25, 0.3) is 0 Å². The van der Waals surface area contributed by atoms with E-state index in [-0.39, 0.29) is 11.4 Å². The molecule has 0 aliphatic carbocycles. The van der Waals surface area contributed by atoms with E-state index in [1.807, 2.05) is 0 Å². The molecular weight excluding hydrogens is 295 g/mol. The Morgan fingerprint density at radius 1 is 1.29 bits per heavy atom. The van der Waals surface area contributed by atoms with Crippen LogP contribution in [0.15, 0.2) is 41.3 Å². The van der Waals surface area contributed by atoms with Crippen LogP contribution in [-0.2, 0) is 16.6 Å². The Morgan fingerprint density at radius 3 is 2.62 bits per heavy atom. The molecule has 2 aromatic carbocycles. The molecule has 0 atom stereocenters. The van der Waals surface area contributed by atoms with Crippen molar-refractivity contribution < 1.29 is 17.9 Å². The van der Waals surface area contributed by atoms with Gasteiger partial charge in [-0.15, -0.1) is 0 Å². The number of primary sulfonamides is 1. The van der Waals surface area contributed by atoms with Gasteiger partial charge in [0.15, 0.2) is 11.6 Å². The summed E-state index contributed by atoms with van der Waals surface area (Å²) in [5, 5.41) is 17.3. The van der Waals surface area contributed by atoms with E-state index < -0.39 is 21.6 Å². The van der Waals surface area contributed by atoms with Gasteiger partial charge in [-0.1, -0.05) is 12.1 Å². The van der Waals surface area contributed by atoms with Gasteiger partial charge in [0.2, 0.25) is 10.0 Å². The number of sulfonamides is 1. The maximum absolute atomic E-state index is 13.2. The van der Waals surface area contributed by atoms with E-state index in [1.54, 1.807) is 25.1 Å². The second kappa shape index (κ2) is 5.71. The van der Waals surface area contributed by atoms with Crippen molar-refractivity contribution in [2.45, 2.75) is 18.4 Å². The molecule has 2 aromatic rings. The van der Waals surface area contributed by atoms with Crippen molar-refractivity contribution in [3.05, 3.63) is 53.3 Å². The second-order valence-electron chi connectivity index (χ2n) is 4.61. The Hall–Kier alpha value is -2.12. The lowest BCUT2D eigenvalue weighted by Gasteiger charge is -2.12. The zero-order chi connectivity index (χ0) is 15.6. The summed E-state index contributed by atoms with van der Waals surface area (Å²) in [6.45, 7) is 1.92. The number of benzene rings is 2. The third kappa shape index (κ3) is 3.50. The maximum Gasteiger partial charge on any atom is 0.238 e. The first-order valence-electron chi connectivity index (χ1n) is 6.12. The summed E-state index contributed by atoms with van der Waals surface area (Å²) in [4.78, 5) is 0.0457. The molecule has 5 nitrogen and oxygen atoms in total. The fourth-order valence-corrected chi connectivity index (χ4v) is 2.78. The summed E-state index contributed by atoms with van der Waals surface area (Å²) in [6, 6.07) is 8.76. The molecule has 0 unspecified atom stereocenters. The molecule has 21 heavy (non-hydrogen) atoms. The highest BCUT2D eigenvalue weighted by molar-refractivity contribution is 7.89. The zero-order valence-electron chi connectivity index (χ0n) is 11.3. The molecule has 0 fully saturated rings. The van der Waals surface area contributed by atoms with Gasteiger partial charge >= 0.3 is 0 Å². The van der Waals surface area contributed by atoms with Gasteiger partial charge in [0, 0.05) is 12.2 Å². The monoisotopic (exact) mass is 310 g/mol. The number of aromatic hydroxyl groups is 1. The number of rotatable bonds is 4. The van der Waals surface area contributed by atoms with Crippen LogP contribution >= 0.6 is 0 Å². The van der Waals surface area contributed by atoms with Gasteiger partial charge < -0.3 is 10.4 Å². The van der Waals surface area contributed by atoms with Crippen LogP contribution in [0.2, 0.25) is 0 Å². The summed E-state index contributed by atoms with van der Waals surface area (Å²) in [5.41, 5.74) is 1.71. The van der Waals surface area contributed by atoms with Gasteiger partial charge in [-0.2, -0.15) is 0 Å².